The van der Waals surface area contributed by atoms with Crippen LogP contribution in [0.1, 0.15) is 5.56 Å². The minimum atomic E-state index is -0.0316. The van der Waals surface area contributed by atoms with Gasteiger partial charge in [-0.3, -0.25) is 0 Å². The number of nitrogens with zero attached hydrogens (tertiary/aromatic N) is 3. The summed E-state index contributed by atoms with van der Waals surface area (Å²) < 4.78 is 2.33. The summed E-state index contributed by atoms with van der Waals surface area (Å²) in [6, 6.07) is 46.1. The van der Waals surface area contributed by atoms with E-state index in [0.717, 1.165) is 55.6 Å². The van der Waals surface area contributed by atoms with E-state index in [2.05, 4.69) is 108 Å². The first-order valence-electron chi connectivity index (χ1n) is 13.8. The predicted molar refractivity (Wildman–Crippen MR) is 168 cm³/mol. The van der Waals surface area contributed by atoms with E-state index in [9.17, 15) is 5.11 Å². The molecule has 0 unspecified atom stereocenters. The molecule has 1 N–H and O–H groups in total. The van der Waals surface area contributed by atoms with Crippen LogP contribution in [0.4, 0.5) is 0 Å². The molecule has 0 saturated carbocycles. The number of aromatic nitrogens is 3. The molecule has 0 spiro atoms. The normalized spacial score (nSPS) is 11.6. The third kappa shape index (κ3) is 3.80. The monoisotopic (exact) mass is 527 g/mol. The number of aliphatic hydroxyl groups is 1. The quantitative estimate of drug-likeness (QED) is 0.233. The Hall–Kier alpha value is -5.32. The second kappa shape index (κ2) is 9.40. The molecule has 4 nitrogen and oxygen atoms in total. The van der Waals surface area contributed by atoms with Crippen LogP contribution >= 0.6 is 0 Å². The van der Waals surface area contributed by atoms with Crippen LogP contribution in [0.5, 0.6) is 0 Å². The Morgan fingerprint density at radius 3 is 1.83 bits per heavy atom. The van der Waals surface area contributed by atoms with E-state index < -0.39 is 0 Å². The first-order chi connectivity index (χ1) is 20.3. The second-order valence-electron chi connectivity index (χ2n) is 10.3. The van der Waals surface area contributed by atoms with Crippen LogP contribution in [-0.2, 0) is 6.61 Å². The minimum Gasteiger partial charge on any atom is -0.392 e. The van der Waals surface area contributed by atoms with Gasteiger partial charge < -0.3 is 9.67 Å². The summed E-state index contributed by atoms with van der Waals surface area (Å²) in [5.74, 6) is 0. The van der Waals surface area contributed by atoms with Crippen molar-refractivity contribution >= 4 is 43.6 Å². The van der Waals surface area contributed by atoms with E-state index in [1.165, 1.54) is 21.8 Å². The van der Waals surface area contributed by atoms with Gasteiger partial charge in [-0.15, -0.1) is 0 Å². The number of rotatable bonds is 4. The molecule has 0 aliphatic carbocycles. The standard InChI is InChI=1S/C37H25N3O/c41-23-27-8-1-2-11-29(27)33-21-19-25-17-16-24-18-20-32(38-36(24)37(25)39-33)26-9-7-10-28(22-26)40-34-14-5-3-12-30(34)31-13-4-6-15-35(31)40/h1-22,41H,23H2. The van der Waals surface area contributed by atoms with Crippen molar-refractivity contribution in [3.8, 4) is 28.2 Å². The molecule has 0 atom stereocenters. The van der Waals surface area contributed by atoms with E-state index in [0.29, 0.717) is 0 Å². The molecule has 8 aromatic rings. The third-order valence-electron chi connectivity index (χ3n) is 7.96. The lowest BCUT2D eigenvalue weighted by Crippen LogP contribution is -1.95. The molecule has 41 heavy (non-hydrogen) atoms. The number of hydrogen-bond acceptors (Lipinski definition) is 3. The van der Waals surface area contributed by atoms with Gasteiger partial charge >= 0.3 is 0 Å². The summed E-state index contributed by atoms with van der Waals surface area (Å²) in [6.07, 6.45) is 0. The van der Waals surface area contributed by atoms with Gasteiger partial charge in [0.05, 0.1) is 40.1 Å². The number of fused-ring (bicyclic) bond motifs is 6. The zero-order chi connectivity index (χ0) is 27.3. The maximum absolute atomic E-state index is 9.89. The molecule has 3 aromatic heterocycles. The van der Waals surface area contributed by atoms with Crippen molar-refractivity contribution in [1.82, 2.24) is 14.5 Å². The summed E-state index contributed by atoms with van der Waals surface area (Å²) in [5, 5.41) is 14.5. The number of hydrogen-bond donors (Lipinski definition) is 1. The maximum Gasteiger partial charge on any atom is 0.0972 e. The van der Waals surface area contributed by atoms with E-state index in [1.807, 2.05) is 30.3 Å². The summed E-state index contributed by atoms with van der Waals surface area (Å²) in [5.41, 5.74) is 9.75. The molecule has 4 heteroatoms. The van der Waals surface area contributed by atoms with Crippen LogP contribution < -0.4 is 0 Å². The Balaban J connectivity index is 1.30. The number of benzene rings is 5. The SMILES string of the molecule is OCc1ccccc1-c1ccc2ccc3ccc(-c4cccc(-n5c6ccccc6c6ccccc65)c4)nc3c2n1. The molecule has 0 saturated heterocycles. The molecule has 0 aliphatic rings. The van der Waals surface area contributed by atoms with E-state index in [1.54, 1.807) is 0 Å². The van der Waals surface area contributed by atoms with Crippen LogP contribution in [0, 0.1) is 0 Å². The zero-order valence-corrected chi connectivity index (χ0v) is 22.2. The van der Waals surface area contributed by atoms with Crippen LogP contribution in [0.2, 0.25) is 0 Å². The molecule has 0 radical (unpaired) electrons. The van der Waals surface area contributed by atoms with Crippen LogP contribution in [0.3, 0.4) is 0 Å². The van der Waals surface area contributed by atoms with Crippen molar-refractivity contribution in [1.29, 1.82) is 0 Å². The molecule has 3 heterocycles. The van der Waals surface area contributed by atoms with Crippen molar-refractivity contribution in [2.24, 2.45) is 0 Å². The molecule has 0 fully saturated rings. The second-order valence-corrected chi connectivity index (χ2v) is 10.3. The first kappa shape index (κ1) is 23.6. The Morgan fingerprint density at radius 1 is 0.537 bits per heavy atom. The van der Waals surface area contributed by atoms with Crippen LogP contribution in [0.25, 0.3) is 71.8 Å². The van der Waals surface area contributed by atoms with Crippen LogP contribution in [-0.4, -0.2) is 19.6 Å². The van der Waals surface area contributed by atoms with Crippen LogP contribution in [0.15, 0.2) is 133 Å². The van der Waals surface area contributed by atoms with Crippen molar-refractivity contribution in [3.63, 3.8) is 0 Å². The fourth-order valence-electron chi connectivity index (χ4n) is 5.99. The Bertz CT molecular complexity index is 2210. The molecule has 0 aliphatic heterocycles. The lowest BCUT2D eigenvalue weighted by molar-refractivity contribution is 0.282. The largest absolute Gasteiger partial charge is 0.392 e. The highest BCUT2D eigenvalue weighted by Gasteiger charge is 2.14. The number of aliphatic hydroxyl groups excluding tert-OH is 1. The van der Waals surface area contributed by atoms with Gasteiger partial charge in [0.15, 0.2) is 0 Å². The number of pyridine rings is 2. The molecule has 194 valence electrons. The predicted octanol–water partition coefficient (Wildman–Crippen LogP) is 8.71. The van der Waals surface area contributed by atoms with Gasteiger partial charge in [-0.1, -0.05) is 97.1 Å². The summed E-state index contributed by atoms with van der Waals surface area (Å²) in [4.78, 5) is 10.2. The van der Waals surface area contributed by atoms with Crippen molar-refractivity contribution in [3.05, 3.63) is 139 Å². The number of para-hydroxylation sites is 2. The first-order valence-corrected chi connectivity index (χ1v) is 13.8. The fraction of sp³-hybridized carbons (Fsp3) is 0.0270. The summed E-state index contributed by atoms with van der Waals surface area (Å²) in [7, 11) is 0. The summed E-state index contributed by atoms with van der Waals surface area (Å²) in [6.45, 7) is -0.0316. The van der Waals surface area contributed by atoms with E-state index in [4.69, 9.17) is 9.97 Å². The fourth-order valence-corrected chi connectivity index (χ4v) is 5.99. The highest BCUT2D eigenvalue weighted by molar-refractivity contribution is 6.09. The van der Waals surface area contributed by atoms with Gasteiger partial charge in [0, 0.05) is 38.4 Å². The molecular formula is C37H25N3O. The zero-order valence-electron chi connectivity index (χ0n) is 22.2. The molecule has 8 rings (SSSR count). The smallest absolute Gasteiger partial charge is 0.0972 e. The molecular weight excluding hydrogens is 502 g/mol. The average Bonchev–Trinajstić information content (AvgIpc) is 3.39. The Kier molecular flexibility index (Phi) is 5.40. The van der Waals surface area contributed by atoms with Gasteiger partial charge in [0.25, 0.3) is 0 Å². The van der Waals surface area contributed by atoms with E-state index >= 15 is 0 Å². The van der Waals surface area contributed by atoms with Gasteiger partial charge in [0.2, 0.25) is 0 Å². The van der Waals surface area contributed by atoms with Crippen molar-refractivity contribution < 1.29 is 5.11 Å². The van der Waals surface area contributed by atoms with Crippen molar-refractivity contribution in [2.45, 2.75) is 6.61 Å². The van der Waals surface area contributed by atoms with Gasteiger partial charge in [0.1, 0.15) is 0 Å². The van der Waals surface area contributed by atoms with Gasteiger partial charge in [-0.25, -0.2) is 9.97 Å². The topological polar surface area (TPSA) is 50.9 Å². The lowest BCUT2D eigenvalue weighted by Gasteiger charge is -2.11. The third-order valence-corrected chi connectivity index (χ3v) is 7.96. The molecule has 0 bridgehead atoms. The minimum absolute atomic E-state index is 0.0316. The van der Waals surface area contributed by atoms with Gasteiger partial charge in [-0.05, 0) is 42.0 Å². The molecule has 0 amide bonds. The summed E-state index contributed by atoms with van der Waals surface area (Å²) >= 11 is 0. The van der Waals surface area contributed by atoms with Crippen molar-refractivity contribution in [2.75, 3.05) is 0 Å². The average molecular weight is 528 g/mol. The Morgan fingerprint density at radius 2 is 1.12 bits per heavy atom. The van der Waals surface area contributed by atoms with Gasteiger partial charge in [-0.2, -0.15) is 0 Å². The molecule has 5 aromatic carbocycles. The Labute approximate surface area is 236 Å². The highest BCUT2D eigenvalue weighted by Crippen LogP contribution is 2.34. The lowest BCUT2D eigenvalue weighted by atomic mass is 10.0. The highest BCUT2D eigenvalue weighted by atomic mass is 16.3. The maximum atomic E-state index is 9.89. The van der Waals surface area contributed by atoms with E-state index in [-0.39, 0.29) is 6.61 Å².